The molecule has 2 aliphatic heterocycles. The van der Waals surface area contributed by atoms with Crippen LogP contribution < -0.4 is 14.4 Å². The average Bonchev–Trinajstić information content (AvgIpc) is 3.13. The average molecular weight is 635 g/mol. The summed E-state index contributed by atoms with van der Waals surface area (Å²) in [7, 11) is 2.93. The Labute approximate surface area is 246 Å². The van der Waals surface area contributed by atoms with Gasteiger partial charge >= 0.3 is 0 Å². The molecule has 5 rings (SSSR count). The van der Waals surface area contributed by atoms with Gasteiger partial charge in [0.05, 0.1) is 51.5 Å². The molecule has 3 aromatic rings. The molecular formula is C25H14Cl6N2O5. The number of ether oxygens (including phenoxy) is 2. The number of anilines is 1. The van der Waals surface area contributed by atoms with Crippen LogP contribution in [0, 0.1) is 0 Å². The molecular weight excluding hydrogens is 621 g/mol. The molecule has 0 N–H and O–H groups in total. The quantitative estimate of drug-likeness (QED) is 0.127. The first kappa shape index (κ1) is 27.2. The van der Waals surface area contributed by atoms with Crippen LogP contribution in [0.5, 0.6) is 11.5 Å². The third-order valence-corrected chi connectivity index (χ3v) is 8.60. The number of amides is 3. The van der Waals surface area contributed by atoms with Crippen LogP contribution in [0.25, 0.3) is 0 Å². The van der Waals surface area contributed by atoms with E-state index in [0.29, 0.717) is 22.7 Å². The van der Waals surface area contributed by atoms with Gasteiger partial charge in [-0.2, -0.15) is 0 Å². The van der Waals surface area contributed by atoms with Gasteiger partial charge in [0.25, 0.3) is 17.7 Å². The molecule has 2 unspecified atom stereocenters. The van der Waals surface area contributed by atoms with Gasteiger partial charge in [0.15, 0.2) is 0 Å². The van der Waals surface area contributed by atoms with Crippen molar-refractivity contribution < 1.29 is 23.9 Å². The number of imide groups is 1. The van der Waals surface area contributed by atoms with Crippen LogP contribution >= 0.6 is 69.6 Å². The van der Waals surface area contributed by atoms with Gasteiger partial charge in [0.2, 0.25) is 0 Å². The van der Waals surface area contributed by atoms with E-state index in [9.17, 15) is 14.4 Å². The number of methoxy groups -OCH3 is 2. The Bertz CT molecular complexity index is 1490. The van der Waals surface area contributed by atoms with Gasteiger partial charge in [-0.3, -0.25) is 19.3 Å². The van der Waals surface area contributed by atoms with E-state index in [1.54, 1.807) is 18.2 Å². The number of carbonyl (C=O) groups is 3. The number of halogens is 6. The van der Waals surface area contributed by atoms with Gasteiger partial charge in [0.1, 0.15) is 17.5 Å². The SMILES string of the molecule is COc1ccc(OC)c(C2C(N3C(=O)c4c(Cl)c(Cl)c(Cl)c(Cl)c4C3=O)C(=O)N2c2cc(Cl)cc(Cl)c2)c1. The Morgan fingerprint density at radius 2 is 1.21 bits per heavy atom. The van der Waals surface area contributed by atoms with Crippen molar-refractivity contribution in [3.05, 3.63) is 83.2 Å². The molecule has 2 heterocycles. The van der Waals surface area contributed by atoms with Crippen molar-refractivity contribution in [2.45, 2.75) is 12.1 Å². The summed E-state index contributed by atoms with van der Waals surface area (Å²) < 4.78 is 10.9. The lowest BCUT2D eigenvalue weighted by Crippen LogP contribution is -2.67. The van der Waals surface area contributed by atoms with E-state index in [-0.39, 0.29) is 41.3 Å². The Morgan fingerprint density at radius 3 is 1.71 bits per heavy atom. The lowest BCUT2D eigenvalue weighted by atomic mass is 9.85. The fourth-order valence-corrected chi connectivity index (χ4v) is 6.22. The van der Waals surface area contributed by atoms with Crippen LogP contribution in [0.15, 0.2) is 36.4 Å². The normalized spacial score (nSPS) is 18.6. The zero-order valence-electron chi connectivity index (χ0n) is 19.3. The summed E-state index contributed by atoms with van der Waals surface area (Å²) >= 11 is 37.4. The zero-order valence-corrected chi connectivity index (χ0v) is 23.9. The number of carbonyl (C=O) groups excluding carboxylic acids is 3. The lowest BCUT2D eigenvalue weighted by molar-refractivity contribution is -0.130. The molecule has 2 atom stereocenters. The summed E-state index contributed by atoms with van der Waals surface area (Å²) in [6.07, 6.45) is 0. The van der Waals surface area contributed by atoms with Gasteiger partial charge in [-0.05, 0) is 36.4 Å². The molecule has 3 aromatic carbocycles. The number of benzene rings is 3. The number of nitrogens with zero attached hydrogens (tertiary/aromatic N) is 2. The molecule has 196 valence electrons. The Hall–Kier alpha value is -2.39. The monoisotopic (exact) mass is 632 g/mol. The van der Waals surface area contributed by atoms with Crippen molar-refractivity contribution in [2.75, 3.05) is 19.1 Å². The Morgan fingerprint density at radius 1 is 0.658 bits per heavy atom. The predicted molar refractivity (Wildman–Crippen MR) is 147 cm³/mol. The third-order valence-electron chi connectivity index (χ3n) is 6.36. The van der Waals surface area contributed by atoms with Crippen molar-refractivity contribution in [1.29, 1.82) is 0 Å². The molecule has 0 bridgehead atoms. The highest BCUT2D eigenvalue weighted by Crippen LogP contribution is 2.51. The molecule has 3 amide bonds. The molecule has 0 radical (unpaired) electrons. The molecule has 13 heteroatoms. The van der Waals surface area contributed by atoms with Crippen LogP contribution in [0.1, 0.15) is 32.3 Å². The highest BCUT2D eigenvalue weighted by atomic mass is 35.5. The smallest absolute Gasteiger partial charge is 0.264 e. The van der Waals surface area contributed by atoms with E-state index in [1.807, 2.05) is 0 Å². The van der Waals surface area contributed by atoms with Crippen molar-refractivity contribution >= 4 is 93.0 Å². The first-order chi connectivity index (χ1) is 18.0. The molecule has 1 fully saturated rings. The van der Waals surface area contributed by atoms with Crippen LogP contribution in [-0.4, -0.2) is 42.9 Å². The molecule has 1 saturated heterocycles. The van der Waals surface area contributed by atoms with Crippen molar-refractivity contribution in [3.8, 4) is 11.5 Å². The van der Waals surface area contributed by atoms with Crippen LogP contribution in [-0.2, 0) is 4.79 Å². The summed E-state index contributed by atoms with van der Waals surface area (Å²) in [6.45, 7) is 0. The van der Waals surface area contributed by atoms with E-state index in [1.165, 1.54) is 37.3 Å². The molecule has 7 nitrogen and oxygen atoms in total. The maximum Gasteiger partial charge on any atom is 0.264 e. The van der Waals surface area contributed by atoms with E-state index in [4.69, 9.17) is 79.1 Å². The molecule has 0 saturated carbocycles. The minimum atomic E-state index is -1.31. The zero-order chi connectivity index (χ0) is 27.6. The maximum absolute atomic E-state index is 13.8. The maximum atomic E-state index is 13.8. The molecule has 2 aliphatic rings. The third kappa shape index (κ3) is 3.99. The summed E-state index contributed by atoms with van der Waals surface area (Å²) in [4.78, 5) is 43.2. The second-order valence-electron chi connectivity index (χ2n) is 8.32. The summed E-state index contributed by atoms with van der Waals surface area (Å²) in [5.41, 5.74) is 0.337. The number of hydrogen-bond donors (Lipinski definition) is 0. The number of hydrogen-bond acceptors (Lipinski definition) is 5. The van der Waals surface area contributed by atoms with Crippen LogP contribution in [0.3, 0.4) is 0 Å². The van der Waals surface area contributed by atoms with E-state index in [0.717, 1.165) is 4.90 Å². The second-order valence-corrected chi connectivity index (χ2v) is 10.7. The molecule has 0 spiro atoms. The summed E-state index contributed by atoms with van der Waals surface area (Å²) in [5, 5.41) is -0.273. The highest BCUT2D eigenvalue weighted by Gasteiger charge is 2.59. The number of β-lactam (4-membered cyclic amide) rings is 1. The largest absolute Gasteiger partial charge is 0.497 e. The Kier molecular flexibility index (Phi) is 7.14. The van der Waals surface area contributed by atoms with Gasteiger partial charge in [-0.15, -0.1) is 0 Å². The summed E-state index contributed by atoms with van der Waals surface area (Å²) in [6, 6.07) is 7.31. The standard InChI is InChI=1S/C25H14Cl6N2O5/c1-37-12-3-4-14(38-2)13(8-12)21-22(25(36)32(21)11-6-9(26)5-10(27)7-11)33-23(34)15-16(24(33)35)18(29)20(31)19(30)17(15)28/h3-8,21-22H,1-2H3. The minimum absolute atomic E-state index is 0.179. The van der Waals surface area contributed by atoms with Crippen molar-refractivity contribution in [3.63, 3.8) is 0 Å². The first-order valence-electron chi connectivity index (χ1n) is 10.8. The van der Waals surface area contributed by atoms with E-state index >= 15 is 0 Å². The first-order valence-corrected chi connectivity index (χ1v) is 13.0. The summed E-state index contributed by atoms with van der Waals surface area (Å²) in [5.74, 6) is -1.44. The molecule has 38 heavy (non-hydrogen) atoms. The van der Waals surface area contributed by atoms with Crippen molar-refractivity contribution in [2.24, 2.45) is 0 Å². The Balaban J connectivity index is 1.70. The van der Waals surface area contributed by atoms with Gasteiger partial charge < -0.3 is 14.4 Å². The number of rotatable bonds is 5. The van der Waals surface area contributed by atoms with Gasteiger partial charge in [0, 0.05) is 21.3 Å². The van der Waals surface area contributed by atoms with Crippen molar-refractivity contribution in [1.82, 2.24) is 4.90 Å². The minimum Gasteiger partial charge on any atom is -0.497 e. The van der Waals surface area contributed by atoms with E-state index < -0.39 is 29.8 Å². The van der Waals surface area contributed by atoms with E-state index in [2.05, 4.69) is 0 Å². The number of fused-ring (bicyclic) bond motifs is 1. The predicted octanol–water partition coefficient (Wildman–Crippen LogP) is 7.38. The van der Waals surface area contributed by atoms with Crippen LogP contribution in [0.2, 0.25) is 30.1 Å². The molecule has 0 aromatic heterocycles. The topological polar surface area (TPSA) is 76.1 Å². The highest BCUT2D eigenvalue weighted by molar-refractivity contribution is 6.55. The van der Waals surface area contributed by atoms with Gasteiger partial charge in [-0.1, -0.05) is 69.6 Å². The second kappa shape index (κ2) is 9.97. The fraction of sp³-hybridized carbons (Fsp3) is 0.160. The molecule has 0 aliphatic carbocycles. The van der Waals surface area contributed by atoms with Gasteiger partial charge in [-0.25, -0.2) is 0 Å². The fourth-order valence-electron chi connectivity index (χ4n) is 4.69. The lowest BCUT2D eigenvalue weighted by Gasteiger charge is -2.50. The van der Waals surface area contributed by atoms with Crippen LogP contribution in [0.4, 0.5) is 5.69 Å².